The molecule has 0 aliphatic carbocycles. The molecule has 2 nitrogen and oxygen atoms in total. The van der Waals surface area contributed by atoms with Crippen molar-refractivity contribution in [1.82, 2.24) is 5.32 Å². The molecule has 1 unspecified atom stereocenters. The molecule has 0 aromatic heterocycles. The zero-order valence-electron chi connectivity index (χ0n) is 5.11. The summed E-state index contributed by atoms with van der Waals surface area (Å²) in [7, 11) is 0. The Hall–Kier alpha value is 0.880. The lowest BCUT2D eigenvalue weighted by molar-refractivity contribution is 0.293. The minimum Gasteiger partial charge on any atom is -0.395 e. The third-order valence-corrected chi connectivity index (χ3v) is 3.12. The largest absolute Gasteiger partial charge is 0.395 e. The molecule has 0 heterocycles. The fraction of sp³-hybridized carbons (Fsp3) is 1.00. The van der Waals surface area contributed by atoms with Crippen molar-refractivity contribution in [3.63, 3.8) is 0 Å². The lowest BCUT2D eigenvalue weighted by atomic mass is 10.5. The Labute approximate surface area is 72.3 Å². The van der Waals surface area contributed by atoms with Gasteiger partial charge in [-0.05, 0) is 0 Å². The van der Waals surface area contributed by atoms with Crippen LogP contribution in [-0.4, -0.2) is 35.0 Å². The molecule has 0 rings (SSSR count). The van der Waals surface area contributed by atoms with Gasteiger partial charge in [0.25, 0.3) is 0 Å². The van der Waals surface area contributed by atoms with E-state index in [1.54, 1.807) is 0 Å². The van der Waals surface area contributed by atoms with Gasteiger partial charge in [0.1, 0.15) is 0 Å². The molecule has 1 atom stereocenters. The van der Waals surface area contributed by atoms with Crippen molar-refractivity contribution in [2.24, 2.45) is 0 Å². The first-order valence-corrected chi connectivity index (χ1v) is 4.86. The maximum atomic E-state index is 8.36. The van der Waals surface area contributed by atoms with Crippen molar-refractivity contribution in [3.05, 3.63) is 0 Å². The van der Waals surface area contributed by atoms with Crippen LogP contribution in [-0.2, 0) is 0 Å². The van der Waals surface area contributed by atoms with Crippen molar-refractivity contribution in [2.45, 2.75) is 4.83 Å². The molecule has 4 heteroatoms. The number of aliphatic hydroxyl groups is 1. The molecular formula is C5H11Br2NO. The van der Waals surface area contributed by atoms with E-state index in [1.807, 2.05) is 0 Å². The van der Waals surface area contributed by atoms with Crippen molar-refractivity contribution < 1.29 is 5.11 Å². The third kappa shape index (κ3) is 6.77. The molecule has 0 aliphatic heterocycles. The summed E-state index contributed by atoms with van der Waals surface area (Å²) in [6.07, 6.45) is 0. The van der Waals surface area contributed by atoms with Crippen LogP contribution in [0.2, 0.25) is 0 Å². The first-order valence-electron chi connectivity index (χ1n) is 2.83. The average molecular weight is 261 g/mol. The summed E-state index contributed by atoms with van der Waals surface area (Å²) in [5.41, 5.74) is 0. The van der Waals surface area contributed by atoms with Crippen LogP contribution in [0.5, 0.6) is 0 Å². The topological polar surface area (TPSA) is 32.3 Å². The SMILES string of the molecule is OCCNCC(Br)CBr. The lowest BCUT2D eigenvalue weighted by Gasteiger charge is -2.05. The van der Waals surface area contributed by atoms with Crippen LogP contribution < -0.4 is 5.32 Å². The molecule has 0 fully saturated rings. The van der Waals surface area contributed by atoms with E-state index in [-0.39, 0.29) is 6.61 Å². The second kappa shape index (κ2) is 6.99. The van der Waals surface area contributed by atoms with Crippen molar-refractivity contribution >= 4 is 31.9 Å². The van der Waals surface area contributed by atoms with Gasteiger partial charge >= 0.3 is 0 Å². The maximum absolute atomic E-state index is 8.36. The number of alkyl halides is 2. The van der Waals surface area contributed by atoms with Gasteiger partial charge in [0.15, 0.2) is 0 Å². The van der Waals surface area contributed by atoms with Gasteiger partial charge in [-0.2, -0.15) is 0 Å². The van der Waals surface area contributed by atoms with Gasteiger partial charge in [0, 0.05) is 23.2 Å². The second-order valence-electron chi connectivity index (χ2n) is 1.68. The molecule has 0 amide bonds. The van der Waals surface area contributed by atoms with Crippen molar-refractivity contribution in [2.75, 3.05) is 25.0 Å². The number of rotatable bonds is 5. The lowest BCUT2D eigenvalue weighted by Crippen LogP contribution is -2.26. The smallest absolute Gasteiger partial charge is 0.0555 e. The summed E-state index contributed by atoms with van der Waals surface area (Å²) < 4.78 is 0. The highest BCUT2D eigenvalue weighted by Crippen LogP contribution is 2.00. The molecule has 0 aromatic carbocycles. The van der Waals surface area contributed by atoms with Gasteiger partial charge in [0.2, 0.25) is 0 Å². The van der Waals surface area contributed by atoms with Crippen LogP contribution in [0.25, 0.3) is 0 Å². The van der Waals surface area contributed by atoms with E-state index in [1.165, 1.54) is 0 Å². The molecule has 0 aromatic rings. The summed E-state index contributed by atoms with van der Waals surface area (Å²) in [5.74, 6) is 0. The molecule has 0 radical (unpaired) electrons. The van der Waals surface area contributed by atoms with Crippen LogP contribution >= 0.6 is 31.9 Å². The molecule has 0 saturated carbocycles. The van der Waals surface area contributed by atoms with Gasteiger partial charge in [-0.3, -0.25) is 0 Å². The molecule has 0 spiro atoms. The Morgan fingerprint density at radius 2 is 2.22 bits per heavy atom. The van der Waals surface area contributed by atoms with Gasteiger partial charge in [0.05, 0.1) is 6.61 Å². The highest BCUT2D eigenvalue weighted by Gasteiger charge is 1.98. The fourth-order valence-corrected chi connectivity index (χ4v) is 0.850. The fourth-order valence-electron chi connectivity index (χ4n) is 0.392. The minimum absolute atomic E-state index is 0.210. The normalized spacial score (nSPS) is 13.7. The number of nitrogens with one attached hydrogen (secondary N) is 1. The Kier molecular flexibility index (Phi) is 7.68. The predicted molar refractivity (Wildman–Crippen MR) is 46.5 cm³/mol. The summed E-state index contributed by atoms with van der Waals surface area (Å²) in [6, 6.07) is 0. The standard InChI is InChI=1S/C5H11Br2NO/c6-3-5(7)4-8-1-2-9/h5,8-9H,1-4H2. The first-order chi connectivity index (χ1) is 4.31. The summed E-state index contributed by atoms with van der Waals surface area (Å²) in [6.45, 7) is 1.78. The Balaban J connectivity index is 2.88. The van der Waals surface area contributed by atoms with Crippen molar-refractivity contribution in [1.29, 1.82) is 0 Å². The summed E-state index contributed by atoms with van der Waals surface area (Å²) in [5, 5.41) is 12.4. The highest BCUT2D eigenvalue weighted by molar-refractivity contribution is 9.12. The van der Waals surface area contributed by atoms with Crippen LogP contribution in [0.3, 0.4) is 0 Å². The molecule has 2 N–H and O–H groups in total. The Morgan fingerprint density at radius 1 is 1.56 bits per heavy atom. The van der Waals surface area contributed by atoms with Crippen LogP contribution in [0.1, 0.15) is 0 Å². The molecule has 0 saturated heterocycles. The quantitative estimate of drug-likeness (QED) is 0.564. The zero-order valence-corrected chi connectivity index (χ0v) is 8.28. The van der Waals surface area contributed by atoms with Crippen molar-refractivity contribution in [3.8, 4) is 0 Å². The number of aliphatic hydroxyl groups excluding tert-OH is 1. The Bertz CT molecular complexity index is 62.9. The van der Waals surface area contributed by atoms with Gasteiger partial charge < -0.3 is 10.4 Å². The molecule has 0 bridgehead atoms. The van der Waals surface area contributed by atoms with E-state index in [0.29, 0.717) is 11.4 Å². The third-order valence-electron chi connectivity index (χ3n) is 0.822. The predicted octanol–water partition coefficient (Wildman–Crippen LogP) is 0.727. The Morgan fingerprint density at radius 3 is 2.67 bits per heavy atom. The molecule has 0 aliphatic rings. The van der Waals surface area contributed by atoms with Crippen LogP contribution in [0, 0.1) is 0 Å². The van der Waals surface area contributed by atoms with E-state index in [2.05, 4.69) is 37.2 Å². The van der Waals surface area contributed by atoms with Gasteiger partial charge in [-0.1, -0.05) is 31.9 Å². The van der Waals surface area contributed by atoms with Gasteiger partial charge in [-0.15, -0.1) is 0 Å². The van der Waals surface area contributed by atoms with E-state index in [4.69, 9.17) is 5.11 Å². The van der Waals surface area contributed by atoms with E-state index in [9.17, 15) is 0 Å². The number of hydrogen-bond acceptors (Lipinski definition) is 2. The molecule has 56 valence electrons. The number of hydrogen-bond donors (Lipinski definition) is 2. The monoisotopic (exact) mass is 259 g/mol. The van der Waals surface area contributed by atoms with Crippen LogP contribution in [0.15, 0.2) is 0 Å². The maximum Gasteiger partial charge on any atom is 0.0555 e. The average Bonchev–Trinajstić information content (AvgIpc) is 1.89. The first kappa shape index (κ1) is 9.88. The summed E-state index contributed by atoms with van der Waals surface area (Å²) in [4.78, 5) is 0.462. The number of halogens is 2. The second-order valence-corrected chi connectivity index (χ2v) is 3.62. The minimum atomic E-state index is 0.210. The van der Waals surface area contributed by atoms with Crippen LogP contribution in [0.4, 0.5) is 0 Å². The molecule has 9 heavy (non-hydrogen) atoms. The van der Waals surface area contributed by atoms with E-state index in [0.717, 1.165) is 11.9 Å². The van der Waals surface area contributed by atoms with E-state index >= 15 is 0 Å². The van der Waals surface area contributed by atoms with E-state index < -0.39 is 0 Å². The summed E-state index contributed by atoms with van der Waals surface area (Å²) >= 11 is 6.73. The van der Waals surface area contributed by atoms with Gasteiger partial charge in [-0.25, -0.2) is 0 Å². The zero-order chi connectivity index (χ0) is 7.11. The molecular weight excluding hydrogens is 250 g/mol. The highest BCUT2D eigenvalue weighted by atomic mass is 79.9.